The summed E-state index contributed by atoms with van der Waals surface area (Å²) in [5.41, 5.74) is 6.36. The second kappa shape index (κ2) is 8.06. The summed E-state index contributed by atoms with van der Waals surface area (Å²) in [6, 6.07) is 9.78. The minimum atomic E-state index is -0.241. The normalized spacial score (nSPS) is 17.6. The van der Waals surface area contributed by atoms with Crippen LogP contribution >= 0.6 is 0 Å². The fourth-order valence-electron chi connectivity index (χ4n) is 3.24. The molecule has 0 unspecified atom stereocenters. The van der Waals surface area contributed by atoms with Gasteiger partial charge in [0.25, 0.3) is 0 Å². The number of nitrogens with one attached hydrogen (secondary N) is 1. The molecule has 0 spiro atoms. The molecule has 0 aromatic heterocycles. The van der Waals surface area contributed by atoms with Crippen molar-refractivity contribution in [1.29, 1.82) is 0 Å². The molecular formula is C21H26N2O2. The molecule has 2 heterocycles. The molecule has 0 atom stereocenters. The summed E-state index contributed by atoms with van der Waals surface area (Å²) in [4.78, 5) is 14.0. The van der Waals surface area contributed by atoms with Crippen LogP contribution in [0.15, 0.2) is 65.0 Å². The van der Waals surface area contributed by atoms with Gasteiger partial charge in [-0.15, -0.1) is 0 Å². The molecule has 1 aromatic carbocycles. The van der Waals surface area contributed by atoms with Crippen LogP contribution in [-0.2, 0) is 11.3 Å². The van der Waals surface area contributed by atoms with Crippen LogP contribution in [0, 0.1) is 0 Å². The maximum absolute atomic E-state index is 12.2. The summed E-state index contributed by atoms with van der Waals surface area (Å²) in [6.07, 6.45) is 7.01. The van der Waals surface area contributed by atoms with Crippen molar-refractivity contribution >= 4 is 6.09 Å². The van der Waals surface area contributed by atoms with Crippen molar-refractivity contribution in [3.05, 3.63) is 70.6 Å². The Bertz CT molecular complexity index is 717. The molecule has 0 saturated heterocycles. The third-order valence-corrected chi connectivity index (χ3v) is 4.79. The summed E-state index contributed by atoms with van der Waals surface area (Å²) in [5.74, 6) is 0. The molecule has 0 radical (unpaired) electrons. The standard InChI is InChI=1S/C21H26N2O2/c1-3-17-13-16(2)20(22-14-17)19-9-11-23(12-10-19)21(24)25-15-18-7-5-4-6-8-18/h4-9,14,22H,3,10-13,15H2,1-2H3. The van der Waals surface area contributed by atoms with Gasteiger partial charge in [0.1, 0.15) is 6.61 Å². The molecule has 1 amide bonds. The van der Waals surface area contributed by atoms with Crippen LogP contribution in [0.25, 0.3) is 0 Å². The third-order valence-electron chi connectivity index (χ3n) is 4.79. The first-order chi connectivity index (χ1) is 12.2. The number of nitrogens with zero attached hydrogens (tertiary/aromatic N) is 1. The first kappa shape index (κ1) is 17.3. The molecule has 1 aromatic rings. The molecule has 2 aliphatic heterocycles. The van der Waals surface area contributed by atoms with E-state index in [4.69, 9.17) is 4.74 Å². The van der Waals surface area contributed by atoms with Gasteiger partial charge in [-0.3, -0.25) is 0 Å². The molecule has 4 heteroatoms. The predicted octanol–water partition coefficient (Wildman–Crippen LogP) is 4.52. The lowest BCUT2D eigenvalue weighted by molar-refractivity contribution is 0.0990. The highest BCUT2D eigenvalue weighted by Gasteiger charge is 2.21. The van der Waals surface area contributed by atoms with Crippen LogP contribution in [0.2, 0.25) is 0 Å². The van der Waals surface area contributed by atoms with Crippen LogP contribution in [0.5, 0.6) is 0 Å². The molecule has 4 nitrogen and oxygen atoms in total. The Hall–Kier alpha value is -2.49. The average Bonchev–Trinajstić information content (AvgIpc) is 2.67. The highest BCUT2D eigenvalue weighted by Crippen LogP contribution is 2.27. The van der Waals surface area contributed by atoms with Crippen molar-refractivity contribution in [2.45, 2.75) is 39.7 Å². The van der Waals surface area contributed by atoms with E-state index in [-0.39, 0.29) is 6.09 Å². The predicted molar refractivity (Wildman–Crippen MR) is 99.7 cm³/mol. The molecule has 3 rings (SSSR count). The molecule has 0 saturated carbocycles. The van der Waals surface area contributed by atoms with E-state index in [0.717, 1.165) is 24.8 Å². The van der Waals surface area contributed by atoms with Crippen molar-refractivity contribution in [2.75, 3.05) is 13.1 Å². The molecule has 2 aliphatic rings. The number of amides is 1. The largest absolute Gasteiger partial charge is 0.445 e. The van der Waals surface area contributed by atoms with E-state index in [0.29, 0.717) is 19.7 Å². The first-order valence-corrected chi connectivity index (χ1v) is 8.96. The monoisotopic (exact) mass is 338 g/mol. The summed E-state index contributed by atoms with van der Waals surface area (Å²) in [5, 5.41) is 3.44. The van der Waals surface area contributed by atoms with Gasteiger partial charge in [0, 0.05) is 25.0 Å². The Morgan fingerprint density at radius 2 is 2.08 bits per heavy atom. The van der Waals surface area contributed by atoms with E-state index in [1.807, 2.05) is 30.3 Å². The number of benzene rings is 1. The number of hydrogen-bond acceptors (Lipinski definition) is 3. The lowest BCUT2D eigenvalue weighted by Gasteiger charge is -2.29. The molecule has 132 valence electrons. The van der Waals surface area contributed by atoms with Gasteiger partial charge >= 0.3 is 6.09 Å². The van der Waals surface area contributed by atoms with Gasteiger partial charge in [0.15, 0.2) is 0 Å². The Kier molecular flexibility index (Phi) is 5.59. The van der Waals surface area contributed by atoms with Crippen molar-refractivity contribution in [1.82, 2.24) is 10.2 Å². The number of hydrogen-bond donors (Lipinski definition) is 1. The fourth-order valence-corrected chi connectivity index (χ4v) is 3.24. The Labute approximate surface area is 149 Å². The number of dihydropyridines is 1. The zero-order valence-corrected chi connectivity index (χ0v) is 15.0. The van der Waals surface area contributed by atoms with Crippen molar-refractivity contribution < 1.29 is 9.53 Å². The van der Waals surface area contributed by atoms with Gasteiger partial charge in [0.2, 0.25) is 0 Å². The van der Waals surface area contributed by atoms with Gasteiger partial charge in [0.05, 0.1) is 0 Å². The highest BCUT2D eigenvalue weighted by atomic mass is 16.6. The van der Waals surface area contributed by atoms with Gasteiger partial charge in [-0.25, -0.2) is 4.79 Å². The molecular weight excluding hydrogens is 312 g/mol. The molecule has 0 fully saturated rings. The van der Waals surface area contributed by atoms with Gasteiger partial charge < -0.3 is 15.0 Å². The highest BCUT2D eigenvalue weighted by molar-refractivity contribution is 5.68. The maximum atomic E-state index is 12.2. The van der Waals surface area contributed by atoms with E-state index in [1.54, 1.807) is 4.90 Å². The van der Waals surface area contributed by atoms with Crippen LogP contribution in [-0.4, -0.2) is 24.1 Å². The van der Waals surface area contributed by atoms with Crippen LogP contribution in [0.3, 0.4) is 0 Å². The van der Waals surface area contributed by atoms with Gasteiger partial charge in [-0.1, -0.05) is 48.9 Å². The summed E-state index contributed by atoms with van der Waals surface area (Å²) < 4.78 is 5.42. The number of ether oxygens (including phenoxy) is 1. The topological polar surface area (TPSA) is 41.6 Å². The second-order valence-corrected chi connectivity index (χ2v) is 6.60. The number of carbonyl (C=O) groups is 1. The molecule has 1 N–H and O–H groups in total. The SMILES string of the molecule is CCC1=CNC(C2=CCN(C(=O)OCc3ccccc3)CC2)=C(C)C1. The summed E-state index contributed by atoms with van der Waals surface area (Å²) >= 11 is 0. The van der Waals surface area contributed by atoms with Crippen molar-refractivity contribution in [3.8, 4) is 0 Å². The number of allylic oxidation sites excluding steroid dienone is 3. The lowest BCUT2D eigenvalue weighted by Crippen LogP contribution is -2.36. The molecule has 0 bridgehead atoms. The van der Waals surface area contributed by atoms with Gasteiger partial charge in [-0.05, 0) is 42.9 Å². The van der Waals surface area contributed by atoms with Crippen LogP contribution in [0.4, 0.5) is 4.79 Å². The van der Waals surface area contributed by atoms with E-state index in [2.05, 4.69) is 31.4 Å². The fraction of sp³-hybridized carbons (Fsp3) is 0.381. The van der Waals surface area contributed by atoms with Gasteiger partial charge in [-0.2, -0.15) is 0 Å². The number of rotatable bonds is 4. The Morgan fingerprint density at radius 1 is 1.28 bits per heavy atom. The smallest absolute Gasteiger partial charge is 0.410 e. The average molecular weight is 338 g/mol. The van der Waals surface area contributed by atoms with E-state index < -0.39 is 0 Å². The summed E-state index contributed by atoms with van der Waals surface area (Å²) in [6.45, 7) is 5.99. The molecule has 25 heavy (non-hydrogen) atoms. The Balaban J connectivity index is 1.54. The summed E-state index contributed by atoms with van der Waals surface area (Å²) in [7, 11) is 0. The minimum Gasteiger partial charge on any atom is -0.445 e. The first-order valence-electron chi connectivity index (χ1n) is 8.96. The van der Waals surface area contributed by atoms with Crippen molar-refractivity contribution in [3.63, 3.8) is 0 Å². The van der Waals surface area contributed by atoms with E-state index >= 15 is 0 Å². The van der Waals surface area contributed by atoms with Crippen LogP contribution in [0.1, 0.15) is 38.7 Å². The lowest BCUT2D eigenvalue weighted by atomic mass is 9.94. The van der Waals surface area contributed by atoms with E-state index in [1.165, 1.54) is 22.4 Å². The van der Waals surface area contributed by atoms with Crippen LogP contribution < -0.4 is 5.32 Å². The second-order valence-electron chi connectivity index (χ2n) is 6.60. The zero-order valence-electron chi connectivity index (χ0n) is 15.0. The Morgan fingerprint density at radius 3 is 2.72 bits per heavy atom. The van der Waals surface area contributed by atoms with E-state index in [9.17, 15) is 4.79 Å². The maximum Gasteiger partial charge on any atom is 0.410 e. The number of carbonyl (C=O) groups excluding carboxylic acids is 1. The minimum absolute atomic E-state index is 0.241. The molecule has 0 aliphatic carbocycles. The third kappa shape index (κ3) is 4.32. The quantitative estimate of drug-likeness (QED) is 0.878. The zero-order chi connectivity index (χ0) is 17.6. The van der Waals surface area contributed by atoms with Crippen molar-refractivity contribution in [2.24, 2.45) is 0 Å².